The van der Waals surface area contributed by atoms with Gasteiger partial charge in [0, 0.05) is 24.8 Å². The van der Waals surface area contributed by atoms with Crippen molar-refractivity contribution in [3.8, 4) is 0 Å². The van der Waals surface area contributed by atoms with Crippen molar-refractivity contribution in [1.82, 2.24) is 15.0 Å². The normalized spacial score (nSPS) is 13.7. The number of pyridine rings is 1. The van der Waals surface area contributed by atoms with Gasteiger partial charge in [-0.2, -0.15) is 0 Å². The molecule has 0 bridgehead atoms. The van der Waals surface area contributed by atoms with Crippen LogP contribution in [-0.4, -0.2) is 25.5 Å². The van der Waals surface area contributed by atoms with E-state index in [9.17, 15) is 8.42 Å². The van der Waals surface area contributed by atoms with Crippen LogP contribution in [0.3, 0.4) is 0 Å². The van der Waals surface area contributed by atoms with Gasteiger partial charge in [0.15, 0.2) is 5.03 Å². The average molecular weight is 299 g/mol. The number of sulfonamides is 1. The van der Waals surface area contributed by atoms with Gasteiger partial charge in [0.05, 0.1) is 0 Å². The highest BCUT2D eigenvalue weighted by molar-refractivity contribution is 7.89. The molecule has 0 aliphatic carbocycles. The van der Waals surface area contributed by atoms with Crippen molar-refractivity contribution in [2.45, 2.75) is 64.2 Å². The molecule has 5 nitrogen and oxygen atoms in total. The lowest BCUT2D eigenvalue weighted by Gasteiger charge is -2.13. The van der Waals surface area contributed by atoms with Gasteiger partial charge in [-0.05, 0) is 25.0 Å². The summed E-state index contributed by atoms with van der Waals surface area (Å²) in [6.45, 7) is 8.70. The molecular weight excluding hydrogens is 274 g/mol. The van der Waals surface area contributed by atoms with Crippen molar-refractivity contribution in [3.63, 3.8) is 0 Å². The molecule has 0 aliphatic rings. The lowest BCUT2D eigenvalue weighted by molar-refractivity contribution is 0.540. The SMILES string of the molecule is CCCC(C)NS(=O)(=O)c1ccc(CNC(C)C)cn1. The van der Waals surface area contributed by atoms with Crippen LogP contribution in [0.15, 0.2) is 23.4 Å². The van der Waals surface area contributed by atoms with Crippen molar-refractivity contribution in [3.05, 3.63) is 23.9 Å². The van der Waals surface area contributed by atoms with Gasteiger partial charge < -0.3 is 5.32 Å². The molecule has 1 aromatic heterocycles. The minimum atomic E-state index is -3.51. The Morgan fingerprint density at radius 1 is 1.25 bits per heavy atom. The molecule has 1 heterocycles. The zero-order chi connectivity index (χ0) is 15.2. The maximum Gasteiger partial charge on any atom is 0.258 e. The zero-order valence-corrected chi connectivity index (χ0v) is 13.5. The van der Waals surface area contributed by atoms with E-state index in [2.05, 4.69) is 28.9 Å². The lowest BCUT2D eigenvalue weighted by atomic mass is 10.2. The van der Waals surface area contributed by atoms with Crippen LogP contribution >= 0.6 is 0 Å². The molecule has 0 amide bonds. The summed E-state index contributed by atoms with van der Waals surface area (Å²) in [6.07, 6.45) is 3.36. The van der Waals surface area contributed by atoms with Crippen LogP contribution in [0.25, 0.3) is 0 Å². The molecule has 1 rings (SSSR count). The Bertz CT molecular complexity index is 498. The highest BCUT2D eigenvalue weighted by Crippen LogP contribution is 2.09. The van der Waals surface area contributed by atoms with Crippen molar-refractivity contribution in [2.75, 3.05) is 0 Å². The molecule has 2 N–H and O–H groups in total. The van der Waals surface area contributed by atoms with Gasteiger partial charge in [0.1, 0.15) is 0 Å². The van der Waals surface area contributed by atoms with E-state index in [-0.39, 0.29) is 11.1 Å². The summed E-state index contributed by atoms with van der Waals surface area (Å²) < 4.78 is 26.8. The van der Waals surface area contributed by atoms with Crippen molar-refractivity contribution >= 4 is 10.0 Å². The summed E-state index contributed by atoms with van der Waals surface area (Å²) in [5, 5.41) is 3.34. The van der Waals surface area contributed by atoms with Crippen molar-refractivity contribution in [2.24, 2.45) is 0 Å². The largest absolute Gasteiger partial charge is 0.310 e. The number of aromatic nitrogens is 1. The molecule has 1 atom stereocenters. The molecule has 0 spiro atoms. The standard InChI is InChI=1S/C14H25N3O2S/c1-5-6-12(4)17-20(18,19)14-8-7-13(10-16-14)9-15-11(2)3/h7-8,10-12,15,17H,5-6,9H2,1-4H3. The van der Waals surface area contributed by atoms with Crippen LogP contribution in [0, 0.1) is 0 Å². The number of nitrogens with one attached hydrogen (secondary N) is 2. The first-order valence-corrected chi connectivity index (χ1v) is 8.54. The van der Waals surface area contributed by atoms with E-state index in [4.69, 9.17) is 0 Å². The molecule has 0 aromatic carbocycles. The predicted octanol–water partition coefficient (Wildman–Crippen LogP) is 2.05. The Morgan fingerprint density at radius 2 is 1.95 bits per heavy atom. The van der Waals surface area contributed by atoms with E-state index in [1.807, 2.05) is 13.8 Å². The van der Waals surface area contributed by atoms with E-state index in [0.29, 0.717) is 12.6 Å². The fourth-order valence-electron chi connectivity index (χ4n) is 1.81. The van der Waals surface area contributed by atoms with Crippen LogP contribution in [0.4, 0.5) is 0 Å². The van der Waals surface area contributed by atoms with E-state index in [1.165, 1.54) is 0 Å². The van der Waals surface area contributed by atoms with Crippen LogP contribution < -0.4 is 10.0 Å². The quantitative estimate of drug-likeness (QED) is 0.770. The van der Waals surface area contributed by atoms with Crippen LogP contribution in [-0.2, 0) is 16.6 Å². The second-order valence-corrected chi connectivity index (χ2v) is 7.01. The Kier molecular flexibility index (Phi) is 6.58. The third-order valence-corrected chi connectivity index (χ3v) is 4.37. The molecule has 0 radical (unpaired) electrons. The van der Waals surface area contributed by atoms with Crippen molar-refractivity contribution < 1.29 is 8.42 Å². The number of hydrogen-bond donors (Lipinski definition) is 2. The molecule has 1 aromatic rings. The van der Waals surface area contributed by atoms with E-state index in [1.54, 1.807) is 18.3 Å². The molecule has 0 saturated carbocycles. The van der Waals surface area contributed by atoms with Gasteiger partial charge in [-0.3, -0.25) is 0 Å². The highest BCUT2D eigenvalue weighted by Gasteiger charge is 2.18. The van der Waals surface area contributed by atoms with E-state index in [0.717, 1.165) is 18.4 Å². The number of rotatable bonds is 8. The summed E-state index contributed by atoms with van der Waals surface area (Å²) in [5.74, 6) is 0. The number of nitrogens with zero attached hydrogens (tertiary/aromatic N) is 1. The van der Waals surface area contributed by atoms with Crippen LogP contribution in [0.2, 0.25) is 0 Å². The first-order chi connectivity index (χ1) is 9.35. The summed E-state index contributed by atoms with van der Waals surface area (Å²) in [5.41, 5.74) is 0.972. The molecule has 1 unspecified atom stereocenters. The predicted molar refractivity (Wildman–Crippen MR) is 80.9 cm³/mol. The molecule has 6 heteroatoms. The fourth-order valence-corrected chi connectivity index (χ4v) is 3.02. The minimum absolute atomic E-state index is 0.0749. The molecule has 114 valence electrons. The van der Waals surface area contributed by atoms with E-state index < -0.39 is 10.0 Å². The molecule has 0 saturated heterocycles. The van der Waals surface area contributed by atoms with Gasteiger partial charge in [0.25, 0.3) is 10.0 Å². The summed E-state index contributed by atoms with van der Waals surface area (Å²) in [7, 11) is -3.51. The number of hydrogen-bond acceptors (Lipinski definition) is 4. The zero-order valence-electron chi connectivity index (χ0n) is 12.7. The molecule has 0 aliphatic heterocycles. The maximum absolute atomic E-state index is 12.1. The smallest absolute Gasteiger partial charge is 0.258 e. The first kappa shape index (κ1) is 17.1. The lowest BCUT2D eigenvalue weighted by Crippen LogP contribution is -2.33. The molecular formula is C14H25N3O2S. The van der Waals surface area contributed by atoms with Gasteiger partial charge in [-0.1, -0.05) is 33.3 Å². The van der Waals surface area contributed by atoms with Gasteiger partial charge in [-0.25, -0.2) is 18.1 Å². The Morgan fingerprint density at radius 3 is 2.45 bits per heavy atom. The first-order valence-electron chi connectivity index (χ1n) is 7.05. The Labute approximate surface area is 122 Å². The summed E-state index contributed by atoms with van der Waals surface area (Å²) >= 11 is 0. The second kappa shape index (κ2) is 7.71. The van der Waals surface area contributed by atoms with Gasteiger partial charge >= 0.3 is 0 Å². The molecule has 0 fully saturated rings. The highest BCUT2D eigenvalue weighted by atomic mass is 32.2. The summed E-state index contributed by atoms with van der Waals surface area (Å²) in [4.78, 5) is 4.05. The van der Waals surface area contributed by atoms with Gasteiger partial charge in [-0.15, -0.1) is 0 Å². The van der Waals surface area contributed by atoms with Gasteiger partial charge in [0.2, 0.25) is 0 Å². The fraction of sp³-hybridized carbons (Fsp3) is 0.643. The average Bonchev–Trinajstić information content (AvgIpc) is 2.36. The third kappa shape index (κ3) is 5.56. The summed E-state index contributed by atoms with van der Waals surface area (Å²) in [6, 6.07) is 3.66. The topological polar surface area (TPSA) is 71.1 Å². The third-order valence-electron chi connectivity index (χ3n) is 2.87. The monoisotopic (exact) mass is 299 g/mol. The minimum Gasteiger partial charge on any atom is -0.310 e. The van der Waals surface area contributed by atoms with Crippen LogP contribution in [0.5, 0.6) is 0 Å². The van der Waals surface area contributed by atoms with E-state index >= 15 is 0 Å². The Balaban J connectivity index is 2.71. The van der Waals surface area contributed by atoms with Crippen LogP contribution in [0.1, 0.15) is 46.1 Å². The molecule has 20 heavy (non-hydrogen) atoms. The van der Waals surface area contributed by atoms with Crippen molar-refractivity contribution in [1.29, 1.82) is 0 Å². The second-order valence-electron chi connectivity index (χ2n) is 5.35. The maximum atomic E-state index is 12.1. The Hall–Kier alpha value is -0.980.